The van der Waals surface area contributed by atoms with Gasteiger partial charge in [0.1, 0.15) is 23.4 Å². The van der Waals surface area contributed by atoms with Gasteiger partial charge in [0.05, 0.1) is 0 Å². The van der Waals surface area contributed by atoms with E-state index in [0.717, 1.165) is 61.8 Å². The van der Waals surface area contributed by atoms with Gasteiger partial charge in [0.25, 0.3) is 0 Å². The van der Waals surface area contributed by atoms with Gasteiger partial charge in [-0.1, -0.05) is 26.2 Å². The summed E-state index contributed by atoms with van der Waals surface area (Å²) >= 11 is 0. The Hall–Kier alpha value is -2.68. The van der Waals surface area contributed by atoms with Gasteiger partial charge in [0.15, 0.2) is 0 Å². The number of hydrogen-bond donors (Lipinski definition) is 1. The third kappa shape index (κ3) is 3.73. The van der Waals surface area contributed by atoms with Crippen molar-refractivity contribution in [2.45, 2.75) is 45.4 Å². The highest BCUT2D eigenvalue weighted by Crippen LogP contribution is 2.31. The Morgan fingerprint density at radius 3 is 2.78 bits per heavy atom. The zero-order valence-corrected chi connectivity index (χ0v) is 15.7. The predicted octanol–water partition coefficient (Wildman–Crippen LogP) is 3.87. The molecule has 2 aromatic rings. The normalized spacial score (nSPS) is 20.6. The van der Waals surface area contributed by atoms with E-state index < -0.39 is 0 Å². The van der Waals surface area contributed by atoms with Gasteiger partial charge < -0.3 is 10.2 Å². The number of aromatic nitrogens is 2. The number of nitrogens with zero attached hydrogens (tertiary/aromatic N) is 4. The molecule has 1 aliphatic heterocycles. The Labute approximate surface area is 159 Å². The largest absolute Gasteiger partial charge is 0.356 e. The first-order valence-electron chi connectivity index (χ1n) is 9.91. The molecule has 1 N–H and O–H groups in total. The molecule has 0 spiro atoms. The Kier molecular flexibility index (Phi) is 4.93. The van der Waals surface area contributed by atoms with E-state index in [0.29, 0.717) is 17.4 Å². The van der Waals surface area contributed by atoms with Crippen LogP contribution < -0.4 is 10.2 Å². The van der Waals surface area contributed by atoms with Crippen LogP contribution in [-0.2, 0) is 4.79 Å². The molecule has 1 atom stereocenters. The van der Waals surface area contributed by atoms with Crippen LogP contribution in [-0.4, -0.2) is 29.0 Å². The van der Waals surface area contributed by atoms with Crippen molar-refractivity contribution in [2.24, 2.45) is 11.8 Å². The molecule has 6 heteroatoms. The van der Waals surface area contributed by atoms with Gasteiger partial charge in [-0.2, -0.15) is 5.26 Å². The number of rotatable bonds is 3. The standard InChI is InChI=1S/C21H25N5O/c1-14-7-8-26(13-14)20-18-10-19(23-12-16(18)9-17(11-22)24-20)25-21(27)15-5-3-2-4-6-15/h9-10,12,14-15H,2-8,13H2,1H3,(H,23,25,27). The third-order valence-corrected chi connectivity index (χ3v) is 5.76. The molecular weight excluding hydrogens is 338 g/mol. The summed E-state index contributed by atoms with van der Waals surface area (Å²) in [6, 6.07) is 5.82. The fourth-order valence-electron chi connectivity index (χ4n) is 4.22. The molecule has 0 radical (unpaired) electrons. The molecule has 140 valence electrons. The second kappa shape index (κ2) is 7.51. The summed E-state index contributed by atoms with van der Waals surface area (Å²) in [5.74, 6) is 2.16. The summed E-state index contributed by atoms with van der Waals surface area (Å²) in [7, 11) is 0. The van der Waals surface area contributed by atoms with Gasteiger partial charge in [0.2, 0.25) is 5.91 Å². The van der Waals surface area contributed by atoms with Gasteiger partial charge >= 0.3 is 0 Å². The Balaban J connectivity index is 1.66. The van der Waals surface area contributed by atoms with Crippen LogP contribution in [0, 0.1) is 23.2 Å². The topological polar surface area (TPSA) is 81.9 Å². The summed E-state index contributed by atoms with van der Waals surface area (Å²) in [4.78, 5) is 23.8. The number of carbonyl (C=O) groups is 1. The van der Waals surface area contributed by atoms with Crippen molar-refractivity contribution in [3.63, 3.8) is 0 Å². The molecule has 1 amide bonds. The van der Waals surface area contributed by atoms with E-state index in [1.807, 2.05) is 6.07 Å². The highest BCUT2D eigenvalue weighted by Gasteiger charge is 2.24. The number of anilines is 2. The molecule has 1 aliphatic carbocycles. The highest BCUT2D eigenvalue weighted by atomic mass is 16.1. The molecule has 3 heterocycles. The second-order valence-electron chi connectivity index (χ2n) is 7.90. The molecule has 4 rings (SSSR count). The SMILES string of the molecule is CC1CCN(c2nc(C#N)cc3cnc(NC(=O)C4CCCCC4)cc23)C1. The molecule has 0 aromatic carbocycles. The molecule has 1 saturated carbocycles. The van der Waals surface area contributed by atoms with E-state index >= 15 is 0 Å². The molecule has 2 aliphatic rings. The second-order valence-corrected chi connectivity index (χ2v) is 7.90. The number of pyridine rings is 2. The number of nitrogens with one attached hydrogen (secondary N) is 1. The van der Waals surface area contributed by atoms with Gasteiger partial charge in [-0.05, 0) is 37.3 Å². The van der Waals surface area contributed by atoms with Gasteiger partial charge in [-0.25, -0.2) is 9.97 Å². The third-order valence-electron chi connectivity index (χ3n) is 5.76. The van der Waals surface area contributed by atoms with Crippen LogP contribution in [0.3, 0.4) is 0 Å². The molecule has 2 fully saturated rings. The molecule has 2 aromatic heterocycles. The van der Waals surface area contributed by atoms with Crippen LogP contribution in [0.2, 0.25) is 0 Å². The molecule has 0 bridgehead atoms. The minimum atomic E-state index is 0.0690. The monoisotopic (exact) mass is 363 g/mol. The number of fused-ring (bicyclic) bond motifs is 1. The first-order valence-corrected chi connectivity index (χ1v) is 9.91. The summed E-state index contributed by atoms with van der Waals surface area (Å²) in [6.45, 7) is 4.10. The Morgan fingerprint density at radius 1 is 1.26 bits per heavy atom. The Bertz CT molecular complexity index is 897. The summed E-state index contributed by atoms with van der Waals surface area (Å²) in [5, 5.41) is 14.1. The van der Waals surface area contributed by atoms with E-state index in [1.165, 1.54) is 6.42 Å². The van der Waals surface area contributed by atoms with E-state index in [1.54, 1.807) is 12.3 Å². The van der Waals surface area contributed by atoms with Gasteiger partial charge in [0, 0.05) is 36.0 Å². The lowest BCUT2D eigenvalue weighted by Crippen LogP contribution is -2.25. The zero-order chi connectivity index (χ0) is 18.8. The number of carbonyl (C=O) groups excluding carboxylic acids is 1. The average molecular weight is 363 g/mol. The predicted molar refractivity (Wildman–Crippen MR) is 105 cm³/mol. The minimum Gasteiger partial charge on any atom is -0.356 e. The van der Waals surface area contributed by atoms with Crippen LogP contribution in [0.25, 0.3) is 10.8 Å². The van der Waals surface area contributed by atoms with Crippen molar-refractivity contribution in [2.75, 3.05) is 23.3 Å². The van der Waals surface area contributed by atoms with Crippen molar-refractivity contribution < 1.29 is 4.79 Å². The van der Waals surface area contributed by atoms with E-state index in [-0.39, 0.29) is 11.8 Å². The van der Waals surface area contributed by atoms with Gasteiger partial charge in [-0.15, -0.1) is 0 Å². The number of amides is 1. The van der Waals surface area contributed by atoms with Crippen LogP contribution in [0.15, 0.2) is 18.3 Å². The van der Waals surface area contributed by atoms with E-state index in [2.05, 4.69) is 33.2 Å². The number of hydrogen-bond acceptors (Lipinski definition) is 5. The van der Waals surface area contributed by atoms with Crippen LogP contribution in [0.4, 0.5) is 11.6 Å². The van der Waals surface area contributed by atoms with Crippen LogP contribution >= 0.6 is 0 Å². The maximum absolute atomic E-state index is 12.6. The van der Waals surface area contributed by atoms with E-state index in [9.17, 15) is 10.1 Å². The highest BCUT2D eigenvalue weighted by molar-refractivity contribution is 5.97. The quantitative estimate of drug-likeness (QED) is 0.895. The maximum atomic E-state index is 12.6. The van der Waals surface area contributed by atoms with Crippen molar-refractivity contribution >= 4 is 28.3 Å². The van der Waals surface area contributed by atoms with Crippen molar-refractivity contribution in [3.8, 4) is 6.07 Å². The van der Waals surface area contributed by atoms with Crippen molar-refractivity contribution in [3.05, 3.63) is 24.0 Å². The lowest BCUT2D eigenvalue weighted by atomic mass is 9.89. The first kappa shape index (κ1) is 17.7. The lowest BCUT2D eigenvalue weighted by molar-refractivity contribution is -0.120. The summed E-state index contributed by atoms with van der Waals surface area (Å²) in [6.07, 6.45) is 8.26. The summed E-state index contributed by atoms with van der Waals surface area (Å²) in [5.41, 5.74) is 0.401. The summed E-state index contributed by atoms with van der Waals surface area (Å²) < 4.78 is 0. The van der Waals surface area contributed by atoms with Crippen LogP contribution in [0.1, 0.15) is 51.1 Å². The smallest absolute Gasteiger partial charge is 0.228 e. The molecule has 1 saturated heterocycles. The first-order chi connectivity index (χ1) is 13.1. The molecule has 6 nitrogen and oxygen atoms in total. The lowest BCUT2D eigenvalue weighted by Gasteiger charge is -2.21. The van der Waals surface area contributed by atoms with Crippen LogP contribution in [0.5, 0.6) is 0 Å². The van der Waals surface area contributed by atoms with Crippen molar-refractivity contribution in [1.29, 1.82) is 5.26 Å². The molecule has 1 unspecified atom stereocenters. The zero-order valence-electron chi connectivity index (χ0n) is 15.7. The molecular formula is C21H25N5O. The minimum absolute atomic E-state index is 0.0690. The van der Waals surface area contributed by atoms with Gasteiger partial charge in [-0.3, -0.25) is 4.79 Å². The fraction of sp³-hybridized carbons (Fsp3) is 0.524. The average Bonchev–Trinajstić information content (AvgIpc) is 3.14. The van der Waals surface area contributed by atoms with E-state index in [4.69, 9.17) is 0 Å². The van der Waals surface area contributed by atoms with Crippen molar-refractivity contribution in [1.82, 2.24) is 9.97 Å². The maximum Gasteiger partial charge on any atom is 0.228 e. The fourth-order valence-corrected chi connectivity index (χ4v) is 4.22. The number of nitriles is 1. The molecule has 27 heavy (non-hydrogen) atoms. The Morgan fingerprint density at radius 2 is 2.07 bits per heavy atom.